The molecule has 1 aliphatic rings. The van der Waals surface area contributed by atoms with Crippen LogP contribution >= 0.6 is 11.8 Å². The summed E-state index contributed by atoms with van der Waals surface area (Å²) in [5.74, 6) is 1.31. The van der Waals surface area contributed by atoms with E-state index in [1.54, 1.807) is 18.9 Å². The Morgan fingerprint density at radius 1 is 0.846 bits per heavy atom. The number of nitrogens with one attached hydrogen (secondary N) is 1. The van der Waals surface area contributed by atoms with Gasteiger partial charge in [-0.25, -0.2) is 0 Å². The van der Waals surface area contributed by atoms with E-state index in [1.807, 2.05) is 48.6 Å². The molecule has 2 heterocycles. The van der Waals surface area contributed by atoms with Crippen LogP contribution in [0.25, 0.3) is 11.8 Å². The van der Waals surface area contributed by atoms with E-state index in [0.29, 0.717) is 5.82 Å². The number of para-hydroxylation sites is 1. The van der Waals surface area contributed by atoms with Gasteiger partial charge < -0.3 is 15.0 Å². The normalized spacial score (nSPS) is 12.5. The number of ether oxygens (including phenoxy) is 1. The highest BCUT2D eigenvalue weighted by atomic mass is 32.2. The zero-order chi connectivity index (χ0) is 26.4. The minimum absolute atomic E-state index is 0.526. The minimum atomic E-state index is 0.526. The van der Waals surface area contributed by atoms with Crippen molar-refractivity contribution in [3.63, 3.8) is 0 Å². The maximum Gasteiger partial charge on any atom is 0.198 e. The fourth-order valence-electron chi connectivity index (χ4n) is 4.25. The van der Waals surface area contributed by atoms with Gasteiger partial charge in [-0.05, 0) is 77.5 Å². The molecule has 0 fully saturated rings. The maximum absolute atomic E-state index is 5.21. The van der Waals surface area contributed by atoms with Crippen LogP contribution in [0.15, 0.2) is 125 Å². The molecule has 0 amide bonds. The van der Waals surface area contributed by atoms with E-state index < -0.39 is 0 Å². The van der Waals surface area contributed by atoms with Crippen molar-refractivity contribution in [1.82, 2.24) is 20.2 Å². The molecule has 192 valence electrons. The Morgan fingerprint density at radius 3 is 2.49 bits per heavy atom. The second-order valence-electron chi connectivity index (χ2n) is 8.80. The molecule has 0 saturated heterocycles. The zero-order valence-corrected chi connectivity index (χ0v) is 22.1. The molecule has 0 atom stereocenters. The predicted octanol–water partition coefficient (Wildman–Crippen LogP) is 7.11. The number of nitrogens with zero attached hydrogens (tertiary/aromatic N) is 5. The Morgan fingerprint density at radius 2 is 1.64 bits per heavy atom. The van der Waals surface area contributed by atoms with Crippen LogP contribution in [0.4, 0.5) is 17.1 Å². The topological polar surface area (TPSA) is 68.1 Å². The summed E-state index contributed by atoms with van der Waals surface area (Å²) in [7, 11) is 1.64. The molecule has 0 radical (unpaired) electrons. The molecule has 0 spiro atoms. The van der Waals surface area contributed by atoms with Crippen molar-refractivity contribution < 1.29 is 4.74 Å². The van der Waals surface area contributed by atoms with E-state index >= 15 is 0 Å². The molecule has 0 unspecified atom stereocenters. The van der Waals surface area contributed by atoms with Gasteiger partial charge in [0.15, 0.2) is 5.82 Å². The minimum Gasteiger partial charge on any atom is -0.497 e. The van der Waals surface area contributed by atoms with Gasteiger partial charge in [-0.1, -0.05) is 60.3 Å². The number of methoxy groups -OCH3 is 1. The summed E-state index contributed by atoms with van der Waals surface area (Å²) in [6.07, 6.45) is 7.83. The van der Waals surface area contributed by atoms with E-state index in [-0.39, 0.29) is 0 Å². The SMILES string of the molecule is COc1ccc(-n2nnc(/C=C/C=C/N3c4ccccc4Sc4ccc(NCc5ccccc5)cc43)n2)cc1. The van der Waals surface area contributed by atoms with E-state index in [4.69, 9.17) is 4.74 Å². The van der Waals surface area contributed by atoms with E-state index in [1.165, 1.54) is 20.2 Å². The van der Waals surface area contributed by atoms with Crippen molar-refractivity contribution in [2.24, 2.45) is 0 Å². The molecule has 1 aromatic heterocycles. The Balaban J connectivity index is 1.21. The molecule has 7 nitrogen and oxygen atoms in total. The number of fused-ring (bicyclic) bond motifs is 2. The molecule has 5 aromatic rings. The summed E-state index contributed by atoms with van der Waals surface area (Å²) in [6, 6.07) is 32.9. The number of rotatable bonds is 8. The lowest BCUT2D eigenvalue weighted by atomic mass is 10.2. The lowest BCUT2D eigenvalue weighted by Gasteiger charge is -2.30. The van der Waals surface area contributed by atoms with Gasteiger partial charge in [0.1, 0.15) is 5.75 Å². The standard InChI is InChI=1S/C31H26N6OS/c1-38-26-17-15-25(16-18-26)37-34-31(33-35-37)13-7-8-20-36-27-11-5-6-12-29(27)39-30-19-14-24(21-28(30)36)32-22-23-9-3-2-4-10-23/h2-21,32H,22H2,1H3/b13-7+,20-8+. The van der Waals surface area contributed by atoms with Crippen molar-refractivity contribution in [2.75, 3.05) is 17.3 Å². The zero-order valence-electron chi connectivity index (χ0n) is 21.3. The molecular weight excluding hydrogens is 504 g/mol. The smallest absolute Gasteiger partial charge is 0.198 e. The van der Waals surface area contributed by atoms with Crippen LogP contribution in [-0.4, -0.2) is 27.3 Å². The van der Waals surface area contributed by atoms with E-state index in [2.05, 4.69) is 98.6 Å². The highest BCUT2D eigenvalue weighted by molar-refractivity contribution is 7.99. The number of aromatic nitrogens is 4. The monoisotopic (exact) mass is 530 g/mol. The Hall–Kier alpha value is -4.82. The van der Waals surface area contributed by atoms with Crippen molar-refractivity contribution >= 4 is 34.9 Å². The van der Waals surface area contributed by atoms with E-state index in [9.17, 15) is 0 Å². The van der Waals surface area contributed by atoms with Crippen LogP contribution in [0, 0.1) is 0 Å². The second-order valence-corrected chi connectivity index (χ2v) is 9.88. The quantitative estimate of drug-likeness (QED) is 0.214. The number of hydrogen-bond donors (Lipinski definition) is 1. The van der Waals surface area contributed by atoms with Gasteiger partial charge >= 0.3 is 0 Å². The van der Waals surface area contributed by atoms with Crippen molar-refractivity contribution in [3.05, 3.63) is 127 Å². The third-order valence-corrected chi connectivity index (χ3v) is 7.36. The molecule has 6 rings (SSSR count). The molecule has 39 heavy (non-hydrogen) atoms. The first-order chi connectivity index (χ1) is 19.3. The van der Waals surface area contributed by atoms with Crippen LogP contribution in [0.3, 0.4) is 0 Å². The van der Waals surface area contributed by atoms with Crippen LogP contribution in [-0.2, 0) is 6.54 Å². The average Bonchev–Trinajstić information content (AvgIpc) is 3.47. The molecule has 0 bridgehead atoms. The molecule has 1 N–H and O–H groups in total. The third kappa shape index (κ3) is 5.56. The van der Waals surface area contributed by atoms with Gasteiger partial charge in [-0.2, -0.15) is 0 Å². The lowest BCUT2D eigenvalue weighted by Crippen LogP contribution is -2.14. The molecule has 8 heteroatoms. The molecule has 1 aliphatic heterocycles. The van der Waals surface area contributed by atoms with Gasteiger partial charge in [-0.15, -0.1) is 15.0 Å². The van der Waals surface area contributed by atoms with Crippen LogP contribution in [0.5, 0.6) is 5.75 Å². The first-order valence-electron chi connectivity index (χ1n) is 12.5. The second kappa shape index (κ2) is 11.3. The van der Waals surface area contributed by atoms with Crippen LogP contribution in [0.2, 0.25) is 0 Å². The Kier molecular flexibility index (Phi) is 7.09. The Bertz CT molecular complexity index is 1630. The summed E-state index contributed by atoms with van der Waals surface area (Å²) in [5, 5.41) is 16.3. The number of benzene rings is 4. The summed E-state index contributed by atoms with van der Waals surface area (Å²) >= 11 is 1.79. The molecule has 0 aliphatic carbocycles. The van der Waals surface area contributed by atoms with Gasteiger partial charge in [0, 0.05) is 28.2 Å². The number of tetrazole rings is 1. The first-order valence-corrected chi connectivity index (χ1v) is 13.4. The third-order valence-electron chi connectivity index (χ3n) is 6.23. The maximum atomic E-state index is 5.21. The molecular formula is C31H26N6OS. The molecule has 0 saturated carbocycles. The average molecular weight is 531 g/mol. The number of allylic oxidation sites excluding steroid dienone is 2. The highest BCUT2D eigenvalue weighted by Crippen LogP contribution is 2.49. The van der Waals surface area contributed by atoms with Crippen LogP contribution < -0.4 is 15.0 Å². The summed E-state index contributed by atoms with van der Waals surface area (Å²) in [5.41, 5.74) is 5.41. The fourth-order valence-corrected chi connectivity index (χ4v) is 5.30. The summed E-state index contributed by atoms with van der Waals surface area (Å²) in [6.45, 7) is 0.770. The van der Waals surface area contributed by atoms with Crippen molar-refractivity contribution in [1.29, 1.82) is 0 Å². The van der Waals surface area contributed by atoms with Crippen molar-refractivity contribution in [3.8, 4) is 11.4 Å². The van der Waals surface area contributed by atoms with Gasteiger partial charge in [0.25, 0.3) is 0 Å². The van der Waals surface area contributed by atoms with Gasteiger partial charge in [-0.3, -0.25) is 0 Å². The summed E-state index contributed by atoms with van der Waals surface area (Å²) < 4.78 is 5.21. The first kappa shape index (κ1) is 24.5. The number of anilines is 3. The van der Waals surface area contributed by atoms with Crippen LogP contribution in [0.1, 0.15) is 11.4 Å². The fraction of sp³-hybridized carbons (Fsp3) is 0.0645. The summed E-state index contributed by atoms with van der Waals surface area (Å²) in [4.78, 5) is 6.14. The lowest BCUT2D eigenvalue weighted by molar-refractivity contribution is 0.414. The largest absolute Gasteiger partial charge is 0.497 e. The Labute approximate surface area is 231 Å². The predicted molar refractivity (Wildman–Crippen MR) is 157 cm³/mol. The highest BCUT2D eigenvalue weighted by Gasteiger charge is 2.22. The van der Waals surface area contributed by atoms with Gasteiger partial charge in [0.05, 0.1) is 24.2 Å². The molecule has 4 aromatic carbocycles. The number of hydrogen-bond acceptors (Lipinski definition) is 7. The van der Waals surface area contributed by atoms with Crippen molar-refractivity contribution in [2.45, 2.75) is 16.3 Å². The van der Waals surface area contributed by atoms with E-state index in [0.717, 1.165) is 35.0 Å². The van der Waals surface area contributed by atoms with Gasteiger partial charge in [0.2, 0.25) is 0 Å².